The molecule has 0 atom stereocenters. The van der Waals surface area contributed by atoms with Gasteiger partial charge in [-0.25, -0.2) is 4.79 Å². The molecule has 0 aliphatic heterocycles. The molecule has 2 aromatic rings. The molecule has 0 saturated carbocycles. The smallest absolute Gasteiger partial charge is 0.411 e. The van der Waals surface area contributed by atoms with Gasteiger partial charge >= 0.3 is 6.09 Å². The maximum Gasteiger partial charge on any atom is 0.411 e. The average molecular weight is 357 g/mol. The summed E-state index contributed by atoms with van der Waals surface area (Å²) in [6.07, 6.45) is 0.494. The van der Waals surface area contributed by atoms with E-state index in [1.165, 1.54) is 11.1 Å². The highest BCUT2D eigenvalue weighted by Crippen LogP contribution is 2.30. The Bertz CT molecular complexity index is 771. The number of hydrogen-bond acceptors (Lipinski definition) is 4. The van der Waals surface area contributed by atoms with Crippen molar-refractivity contribution in [1.29, 1.82) is 0 Å². The number of nitrogens with one attached hydrogen (secondary N) is 1. The molecule has 5 nitrogen and oxygen atoms in total. The Morgan fingerprint density at radius 3 is 2.50 bits per heavy atom. The van der Waals surface area contributed by atoms with Crippen LogP contribution in [0.4, 0.5) is 10.5 Å². The highest BCUT2D eigenvalue weighted by Gasteiger charge is 2.14. The Morgan fingerprint density at radius 1 is 1.08 bits per heavy atom. The number of carbonyl (C=O) groups excluding carboxylic acids is 1. The molecule has 0 aromatic heterocycles. The quantitative estimate of drug-likeness (QED) is 0.756. The molecular formula is C21H27NO4. The van der Waals surface area contributed by atoms with Gasteiger partial charge in [-0.2, -0.15) is 0 Å². The number of ether oxygens (including phenoxy) is 3. The van der Waals surface area contributed by atoms with Crippen LogP contribution in [0.2, 0.25) is 0 Å². The van der Waals surface area contributed by atoms with Crippen LogP contribution in [-0.2, 0) is 17.8 Å². The standard InChI is InChI=1S/C21H27NO4/c1-6-16-11-15(4)20(12-14(16)3)26-13-17-18(22-21(23)25-7-2)9-8-10-19(17)24-5/h8-12H,6-7,13H2,1-5H3,(H,22,23). The number of benzene rings is 2. The molecule has 0 heterocycles. The fraction of sp³-hybridized carbons (Fsp3) is 0.381. The average Bonchev–Trinajstić information content (AvgIpc) is 2.62. The van der Waals surface area contributed by atoms with Crippen LogP contribution in [0.1, 0.15) is 36.1 Å². The van der Waals surface area contributed by atoms with Gasteiger partial charge in [0.2, 0.25) is 0 Å². The number of carbonyl (C=O) groups is 1. The van der Waals surface area contributed by atoms with Crippen molar-refractivity contribution in [3.05, 3.63) is 52.6 Å². The molecule has 0 unspecified atom stereocenters. The van der Waals surface area contributed by atoms with Gasteiger partial charge in [-0.1, -0.05) is 19.1 Å². The molecule has 0 bridgehead atoms. The summed E-state index contributed by atoms with van der Waals surface area (Å²) in [5, 5.41) is 2.75. The Labute approximate surface area is 155 Å². The highest BCUT2D eigenvalue weighted by atomic mass is 16.5. The van der Waals surface area contributed by atoms with Crippen molar-refractivity contribution in [2.45, 2.75) is 40.7 Å². The highest BCUT2D eigenvalue weighted by molar-refractivity contribution is 5.86. The number of anilines is 1. The lowest BCUT2D eigenvalue weighted by Gasteiger charge is -2.17. The molecule has 0 spiro atoms. The van der Waals surface area contributed by atoms with Gasteiger partial charge in [-0.15, -0.1) is 0 Å². The monoisotopic (exact) mass is 357 g/mol. The van der Waals surface area contributed by atoms with Crippen LogP contribution in [-0.4, -0.2) is 19.8 Å². The van der Waals surface area contributed by atoms with Crippen molar-refractivity contribution < 1.29 is 19.0 Å². The van der Waals surface area contributed by atoms with Gasteiger partial charge in [0.1, 0.15) is 18.1 Å². The molecule has 1 amide bonds. The van der Waals surface area contributed by atoms with E-state index in [2.05, 4.69) is 31.3 Å². The van der Waals surface area contributed by atoms with E-state index in [9.17, 15) is 4.79 Å². The fourth-order valence-corrected chi connectivity index (χ4v) is 2.84. The number of hydrogen-bond donors (Lipinski definition) is 1. The summed E-state index contributed by atoms with van der Waals surface area (Å²) < 4.78 is 16.5. The molecule has 1 N–H and O–H groups in total. The normalized spacial score (nSPS) is 10.3. The van der Waals surface area contributed by atoms with E-state index in [0.29, 0.717) is 18.0 Å². The molecule has 5 heteroatoms. The Morgan fingerprint density at radius 2 is 1.85 bits per heavy atom. The van der Waals surface area contributed by atoms with Crippen molar-refractivity contribution in [2.75, 3.05) is 19.0 Å². The van der Waals surface area contributed by atoms with Gasteiger partial charge in [0.25, 0.3) is 0 Å². The molecule has 0 aliphatic rings. The minimum atomic E-state index is -0.499. The van der Waals surface area contributed by atoms with Crippen LogP contribution in [0.15, 0.2) is 30.3 Å². The summed E-state index contributed by atoms with van der Waals surface area (Å²) in [5.74, 6) is 1.48. The summed E-state index contributed by atoms with van der Waals surface area (Å²) in [6, 6.07) is 9.67. The second-order valence-electron chi connectivity index (χ2n) is 6.02. The Balaban J connectivity index is 2.25. The first-order chi connectivity index (χ1) is 12.5. The van der Waals surface area contributed by atoms with Crippen LogP contribution < -0.4 is 14.8 Å². The predicted octanol–water partition coefficient (Wildman–Crippen LogP) is 5.02. The Hall–Kier alpha value is -2.69. The zero-order valence-corrected chi connectivity index (χ0v) is 16.1. The predicted molar refractivity (Wildman–Crippen MR) is 103 cm³/mol. The maximum absolute atomic E-state index is 11.8. The number of rotatable bonds is 7. The van der Waals surface area contributed by atoms with E-state index in [0.717, 1.165) is 23.3 Å². The van der Waals surface area contributed by atoms with Crippen molar-refractivity contribution in [1.82, 2.24) is 0 Å². The molecule has 140 valence electrons. The minimum Gasteiger partial charge on any atom is -0.496 e. The van der Waals surface area contributed by atoms with Crippen molar-refractivity contribution >= 4 is 11.8 Å². The second-order valence-corrected chi connectivity index (χ2v) is 6.02. The summed E-state index contributed by atoms with van der Waals surface area (Å²) in [5.41, 5.74) is 4.99. The van der Waals surface area contributed by atoms with E-state index in [1.807, 2.05) is 19.1 Å². The van der Waals surface area contributed by atoms with Gasteiger partial charge in [0.15, 0.2) is 0 Å². The van der Waals surface area contributed by atoms with Crippen LogP contribution in [0.5, 0.6) is 11.5 Å². The van der Waals surface area contributed by atoms with E-state index in [4.69, 9.17) is 14.2 Å². The maximum atomic E-state index is 11.8. The molecule has 26 heavy (non-hydrogen) atoms. The molecular weight excluding hydrogens is 330 g/mol. The minimum absolute atomic E-state index is 0.275. The van der Waals surface area contributed by atoms with E-state index >= 15 is 0 Å². The molecule has 0 radical (unpaired) electrons. The summed E-state index contributed by atoms with van der Waals surface area (Å²) in [6.45, 7) is 8.61. The van der Waals surface area contributed by atoms with E-state index in [1.54, 1.807) is 20.1 Å². The summed E-state index contributed by atoms with van der Waals surface area (Å²) in [4.78, 5) is 11.8. The number of methoxy groups -OCH3 is 1. The first-order valence-electron chi connectivity index (χ1n) is 8.82. The lowest BCUT2D eigenvalue weighted by atomic mass is 10.0. The van der Waals surface area contributed by atoms with Crippen LogP contribution >= 0.6 is 0 Å². The number of amides is 1. The lowest BCUT2D eigenvalue weighted by molar-refractivity contribution is 0.168. The van der Waals surface area contributed by atoms with Gasteiger partial charge in [0, 0.05) is 0 Å². The molecule has 0 aliphatic carbocycles. The van der Waals surface area contributed by atoms with Crippen LogP contribution in [0.3, 0.4) is 0 Å². The largest absolute Gasteiger partial charge is 0.496 e. The van der Waals surface area contributed by atoms with Crippen LogP contribution in [0, 0.1) is 13.8 Å². The van der Waals surface area contributed by atoms with Gasteiger partial charge in [-0.3, -0.25) is 5.32 Å². The molecule has 0 fully saturated rings. The first-order valence-corrected chi connectivity index (χ1v) is 8.82. The van der Waals surface area contributed by atoms with E-state index in [-0.39, 0.29) is 6.61 Å². The third-order valence-corrected chi connectivity index (χ3v) is 4.25. The fourth-order valence-electron chi connectivity index (χ4n) is 2.84. The number of aryl methyl sites for hydroxylation is 3. The summed E-state index contributed by atoms with van der Waals surface area (Å²) in [7, 11) is 1.60. The topological polar surface area (TPSA) is 56.8 Å². The molecule has 0 saturated heterocycles. The van der Waals surface area contributed by atoms with Gasteiger partial charge in [-0.05, 0) is 62.1 Å². The van der Waals surface area contributed by atoms with Crippen LogP contribution in [0.25, 0.3) is 0 Å². The van der Waals surface area contributed by atoms with Gasteiger partial charge < -0.3 is 14.2 Å². The first kappa shape index (κ1) is 19.6. The third kappa shape index (κ3) is 4.69. The van der Waals surface area contributed by atoms with E-state index < -0.39 is 6.09 Å². The van der Waals surface area contributed by atoms with Crippen molar-refractivity contribution in [3.8, 4) is 11.5 Å². The summed E-state index contributed by atoms with van der Waals surface area (Å²) >= 11 is 0. The Kier molecular flexibility index (Phi) is 6.89. The van der Waals surface area contributed by atoms with Crippen molar-refractivity contribution in [2.24, 2.45) is 0 Å². The zero-order chi connectivity index (χ0) is 19.1. The molecule has 2 aromatic carbocycles. The molecule has 2 rings (SSSR count). The van der Waals surface area contributed by atoms with Crippen molar-refractivity contribution in [3.63, 3.8) is 0 Å². The second kappa shape index (κ2) is 9.13. The SMILES string of the molecule is CCOC(=O)Nc1cccc(OC)c1COc1cc(C)c(CC)cc1C. The lowest BCUT2D eigenvalue weighted by Crippen LogP contribution is -2.15. The van der Waals surface area contributed by atoms with Gasteiger partial charge in [0.05, 0.1) is 25.0 Å². The zero-order valence-electron chi connectivity index (χ0n) is 16.1. The third-order valence-electron chi connectivity index (χ3n) is 4.25.